The summed E-state index contributed by atoms with van der Waals surface area (Å²) in [7, 11) is -2.71. The van der Waals surface area contributed by atoms with Crippen LogP contribution >= 0.6 is 0 Å². The second-order valence-electron chi connectivity index (χ2n) is 3.18. The smallest absolute Gasteiger partial charge is 0.308 e. The van der Waals surface area contributed by atoms with Gasteiger partial charge in [-0.25, -0.2) is 0 Å². The first-order valence-electron chi connectivity index (χ1n) is 6.25. The number of hydrogen-bond donors (Lipinski definition) is 1. The predicted molar refractivity (Wildman–Crippen MR) is 51.4 cm³/mol. The molecular weight excluding hydrogens is 168 g/mol. The van der Waals surface area contributed by atoms with Gasteiger partial charge in [-0.05, 0) is 6.42 Å². The Balaban J connectivity index is 3.62. The summed E-state index contributed by atoms with van der Waals surface area (Å²) in [5.74, 6) is -0.872. The Kier molecular flexibility index (Phi) is 4.83. The highest BCUT2D eigenvalue weighted by Gasteiger charge is 2.09. The molecule has 0 rings (SSSR count). The molecule has 78 valence electrons. The van der Waals surface area contributed by atoms with Crippen LogP contribution in [0, 0.1) is 0 Å². The van der Waals surface area contributed by atoms with E-state index in [0.717, 1.165) is 25.7 Å². The zero-order valence-electron chi connectivity index (χ0n) is 11.1. The molecule has 1 N–H and O–H groups in total. The summed E-state index contributed by atoms with van der Waals surface area (Å²) in [4.78, 5) is 11.0. The van der Waals surface area contributed by atoms with Crippen LogP contribution in [0.25, 0.3) is 0 Å². The van der Waals surface area contributed by atoms with Gasteiger partial charge in [0.25, 0.3) is 0 Å². The quantitative estimate of drug-likeness (QED) is 0.493. The Morgan fingerprint density at radius 3 is 2.92 bits per heavy atom. The molecule has 0 aromatic rings. The van der Waals surface area contributed by atoms with Crippen molar-refractivity contribution in [2.24, 2.45) is 0 Å². The molecule has 0 radical (unpaired) electrons. The van der Waals surface area contributed by atoms with Crippen molar-refractivity contribution in [3.05, 3.63) is 0 Å². The highest BCUT2D eigenvalue weighted by Crippen LogP contribution is 2.08. The fourth-order valence-electron chi connectivity index (χ4n) is 1.14. The zero-order chi connectivity index (χ0) is 12.6. The third-order valence-corrected chi connectivity index (χ3v) is 1.91. The molecule has 0 heterocycles. The van der Waals surface area contributed by atoms with Crippen molar-refractivity contribution in [1.82, 2.24) is 0 Å². The van der Waals surface area contributed by atoms with Crippen LogP contribution in [-0.2, 0) is 9.53 Å². The Bertz CT molecular complexity index is 204. The van der Waals surface area contributed by atoms with Gasteiger partial charge in [-0.15, -0.1) is 0 Å². The average molecular weight is 191 g/mol. The number of aliphatic hydroxyl groups is 1. The van der Waals surface area contributed by atoms with Crippen LogP contribution in [0.3, 0.4) is 0 Å². The van der Waals surface area contributed by atoms with Gasteiger partial charge in [0.05, 0.1) is 23.7 Å². The van der Waals surface area contributed by atoms with Gasteiger partial charge in [0, 0.05) is 0 Å². The molecule has 0 saturated carbocycles. The first-order valence-corrected chi connectivity index (χ1v) is 4.75. The lowest BCUT2D eigenvalue weighted by Crippen LogP contribution is -2.14. The molecule has 0 saturated heterocycles. The first-order chi connectivity index (χ1) is 7.35. The lowest BCUT2D eigenvalue weighted by Gasteiger charge is -2.08. The number of rotatable bonds is 7. The Morgan fingerprint density at radius 2 is 2.31 bits per heavy atom. The molecule has 0 amide bonds. The van der Waals surface area contributed by atoms with Crippen molar-refractivity contribution < 1.29 is 18.8 Å². The summed E-state index contributed by atoms with van der Waals surface area (Å²) in [5, 5.41) is 9.43. The maximum atomic E-state index is 11.0. The summed E-state index contributed by atoms with van der Waals surface area (Å²) >= 11 is 0. The second-order valence-corrected chi connectivity index (χ2v) is 3.18. The topological polar surface area (TPSA) is 46.5 Å². The summed E-state index contributed by atoms with van der Waals surface area (Å²) in [6.45, 7) is 2.09. The maximum Gasteiger partial charge on any atom is 0.308 e. The summed E-state index contributed by atoms with van der Waals surface area (Å²) < 4.78 is 24.3. The summed E-state index contributed by atoms with van der Waals surface area (Å²) in [5.41, 5.74) is 0. The monoisotopic (exact) mass is 191 g/mol. The third kappa shape index (κ3) is 7.78. The molecule has 1 atom stereocenters. The molecule has 0 unspecified atom stereocenters. The number of unbranched alkanes of at least 4 members (excludes halogenated alkanes) is 3. The fourth-order valence-corrected chi connectivity index (χ4v) is 1.14. The largest absolute Gasteiger partial charge is 0.469 e. The van der Waals surface area contributed by atoms with Crippen LogP contribution in [0.5, 0.6) is 0 Å². The standard InChI is InChI=1S/C10H20O3/c1-3-4-5-6-7-9(11)8-10(12)13-2/h9,11H,3-8H2,1-2H3/t9-/m1/s1/i2D3. The molecule has 13 heavy (non-hydrogen) atoms. The fraction of sp³-hybridized carbons (Fsp3) is 0.900. The zero-order valence-corrected chi connectivity index (χ0v) is 8.08. The predicted octanol–water partition coefficient (Wildman–Crippen LogP) is 1.88. The number of aliphatic hydroxyl groups excluding tert-OH is 1. The molecule has 0 bridgehead atoms. The van der Waals surface area contributed by atoms with E-state index in [4.69, 9.17) is 4.11 Å². The number of methoxy groups -OCH3 is 1. The van der Waals surface area contributed by atoms with Crippen molar-refractivity contribution in [3.8, 4) is 0 Å². The number of esters is 1. The molecule has 0 aliphatic carbocycles. The normalized spacial score (nSPS) is 16.9. The molecule has 3 nitrogen and oxygen atoms in total. The van der Waals surface area contributed by atoms with Crippen molar-refractivity contribution in [1.29, 1.82) is 0 Å². The van der Waals surface area contributed by atoms with Crippen LogP contribution in [-0.4, -0.2) is 24.2 Å². The van der Waals surface area contributed by atoms with E-state index in [-0.39, 0.29) is 6.42 Å². The molecule has 0 aliphatic heterocycles. The van der Waals surface area contributed by atoms with Crippen LogP contribution in [0.15, 0.2) is 0 Å². The summed E-state index contributed by atoms with van der Waals surface area (Å²) in [6.07, 6.45) is 3.54. The van der Waals surface area contributed by atoms with E-state index in [9.17, 15) is 9.90 Å². The average Bonchev–Trinajstić information content (AvgIpc) is 2.09. The highest BCUT2D eigenvalue weighted by molar-refractivity contribution is 5.69. The Hall–Kier alpha value is -0.570. The van der Waals surface area contributed by atoms with E-state index < -0.39 is 19.1 Å². The van der Waals surface area contributed by atoms with Crippen molar-refractivity contribution in [2.45, 2.75) is 51.6 Å². The van der Waals surface area contributed by atoms with Gasteiger partial charge in [0.15, 0.2) is 0 Å². The van der Waals surface area contributed by atoms with Gasteiger partial charge in [0.2, 0.25) is 0 Å². The van der Waals surface area contributed by atoms with E-state index in [2.05, 4.69) is 11.7 Å². The minimum Gasteiger partial charge on any atom is -0.469 e. The van der Waals surface area contributed by atoms with E-state index in [1.54, 1.807) is 0 Å². The van der Waals surface area contributed by atoms with Gasteiger partial charge in [-0.1, -0.05) is 32.6 Å². The Labute approximate surface area is 84.3 Å². The lowest BCUT2D eigenvalue weighted by atomic mass is 10.1. The molecule has 0 aromatic heterocycles. The Morgan fingerprint density at radius 1 is 1.54 bits per heavy atom. The SMILES string of the molecule is [2H]C([2H])([2H])OC(=O)C[C@H](O)CCCCCC. The minimum atomic E-state index is -2.71. The van der Waals surface area contributed by atoms with Crippen LogP contribution in [0.2, 0.25) is 0 Å². The van der Waals surface area contributed by atoms with Gasteiger partial charge >= 0.3 is 5.97 Å². The number of carbonyl (C=O) groups is 1. The van der Waals surface area contributed by atoms with Gasteiger partial charge in [-0.2, -0.15) is 0 Å². The third-order valence-electron chi connectivity index (χ3n) is 1.91. The molecular formula is C10H20O3. The molecule has 0 fully saturated rings. The van der Waals surface area contributed by atoms with E-state index in [0.29, 0.717) is 6.42 Å². The van der Waals surface area contributed by atoms with Crippen molar-refractivity contribution >= 4 is 5.97 Å². The lowest BCUT2D eigenvalue weighted by molar-refractivity contribution is -0.142. The summed E-state index contributed by atoms with van der Waals surface area (Å²) in [6, 6.07) is 0. The number of ether oxygens (including phenoxy) is 1. The second kappa shape index (κ2) is 8.05. The maximum absolute atomic E-state index is 11.0. The molecule has 3 heteroatoms. The van der Waals surface area contributed by atoms with E-state index in [1.807, 2.05) is 0 Å². The molecule has 0 aromatic carbocycles. The number of hydrogen-bond acceptors (Lipinski definition) is 3. The van der Waals surface area contributed by atoms with Crippen LogP contribution in [0.1, 0.15) is 49.6 Å². The number of carbonyl (C=O) groups excluding carboxylic acids is 1. The first kappa shape index (κ1) is 7.80. The minimum absolute atomic E-state index is 0.246. The van der Waals surface area contributed by atoms with Gasteiger partial charge in [-0.3, -0.25) is 4.79 Å². The van der Waals surface area contributed by atoms with Crippen LogP contribution < -0.4 is 0 Å². The van der Waals surface area contributed by atoms with Gasteiger partial charge < -0.3 is 9.84 Å². The molecule has 0 aliphatic rings. The van der Waals surface area contributed by atoms with E-state index >= 15 is 0 Å². The highest BCUT2D eigenvalue weighted by atomic mass is 16.5. The van der Waals surface area contributed by atoms with E-state index in [1.165, 1.54) is 0 Å². The van der Waals surface area contributed by atoms with Gasteiger partial charge in [0.1, 0.15) is 0 Å². The van der Waals surface area contributed by atoms with Crippen molar-refractivity contribution in [3.63, 3.8) is 0 Å². The molecule has 0 spiro atoms. The van der Waals surface area contributed by atoms with Crippen molar-refractivity contribution in [2.75, 3.05) is 7.04 Å². The van der Waals surface area contributed by atoms with Crippen LogP contribution in [0.4, 0.5) is 0 Å².